The second kappa shape index (κ2) is 15.6. The highest BCUT2D eigenvalue weighted by molar-refractivity contribution is 9.11. The number of nitrogens with zero attached hydrogens (tertiary/aromatic N) is 2. The molecule has 4 rings (SSSR count). The molecule has 1 unspecified atom stereocenters. The molecule has 0 spiro atoms. The molecule has 2 aliphatic rings. The molecule has 44 heavy (non-hydrogen) atoms. The van der Waals surface area contributed by atoms with E-state index in [2.05, 4.69) is 56.8 Å². The van der Waals surface area contributed by atoms with Crippen molar-refractivity contribution in [1.29, 1.82) is 0 Å². The molecule has 3 amide bonds. The third-order valence-corrected chi connectivity index (χ3v) is 10.7. The molecule has 0 aromatic heterocycles. The summed E-state index contributed by atoms with van der Waals surface area (Å²) in [6.45, 7) is 9.09. The number of fused-ring (bicyclic) bond motifs is 1. The molecule has 0 radical (unpaired) electrons. The molecule has 0 aliphatic carbocycles. The zero-order valence-electron chi connectivity index (χ0n) is 25.7. The number of nitrogens with one attached hydrogen (secondary N) is 1. The van der Waals surface area contributed by atoms with Crippen molar-refractivity contribution in [2.24, 2.45) is 0 Å². The standard InChI is InChI=1S/C31H41Br2N3O7Si/c1-40-29(37)27(19-21-17-24(32)28(25(33)18-21)42-20-41-15-16-44(2,3)4)43-31(39)35-12-10-23(11-13-35)36-14-9-22-7-5-6-8-26(22)34-30(36)38/h5-8,17-18,23,27H,9-16,19-20H2,1-4H3,(H,34,38). The van der Waals surface area contributed by atoms with E-state index in [1.54, 1.807) is 4.90 Å². The van der Waals surface area contributed by atoms with Crippen molar-refractivity contribution < 1.29 is 33.3 Å². The minimum absolute atomic E-state index is 0.00550. The number of carbonyl (C=O) groups is 3. The Morgan fingerprint density at radius 3 is 2.41 bits per heavy atom. The molecule has 1 saturated heterocycles. The van der Waals surface area contributed by atoms with Gasteiger partial charge in [0.15, 0.2) is 12.5 Å². The number of hydrogen-bond donors (Lipinski definition) is 1. The van der Waals surface area contributed by atoms with Gasteiger partial charge in [0.05, 0.1) is 16.1 Å². The van der Waals surface area contributed by atoms with Gasteiger partial charge < -0.3 is 34.1 Å². The van der Waals surface area contributed by atoms with Gasteiger partial charge in [-0.25, -0.2) is 14.4 Å². The van der Waals surface area contributed by atoms with E-state index >= 15 is 0 Å². The number of likely N-dealkylation sites (tertiary alicyclic amines) is 1. The molecule has 1 fully saturated rings. The molecule has 2 heterocycles. The van der Waals surface area contributed by atoms with E-state index in [4.69, 9.17) is 18.9 Å². The minimum Gasteiger partial charge on any atom is -0.466 e. The molecule has 2 aromatic carbocycles. The van der Waals surface area contributed by atoms with Crippen molar-refractivity contribution in [3.63, 3.8) is 0 Å². The highest BCUT2D eigenvalue weighted by Crippen LogP contribution is 2.35. The van der Waals surface area contributed by atoms with Gasteiger partial charge in [0.25, 0.3) is 0 Å². The Morgan fingerprint density at radius 1 is 1.07 bits per heavy atom. The lowest BCUT2D eigenvalue weighted by atomic mass is 10.0. The first-order chi connectivity index (χ1) is 20.9. The number of anilines is 1. The molecule has 2 aliphatic heterocycles. The van der Waals surface area contributed by atoms with Crippen LogP contribution in [0, 0.1) is 0 Å². The van der Waals surface area contributed by atoms with Crippen LogP contribution in [-0.2, 0) is 31.8 Å². The van der Waals surface area contributed by atoms with Crippen LogP contribution >= 0.6 is 31.9 Å². The molecule has 1 N–H and O–H groups in total. The van der Waals surface area contributed by atoms with Crippen molar-refractivity contribution in [3.05, 3.63) is 56.5 Å². The molecule has 240 valence electrons. The van der Waals surface area contributed by atoms with Crippen molar-refractivity contribution >= 4 is 63.7 Å². The van der Waals surface area contributed by atoms with Crippen LogP contribution in [0.5, 0.6) is 5.75 Å². The Labute approximate surface area is 277 Å². The van der Waals surface area contributed by atoms with Crippen LogP contribution in [0.4, 0.5) is 15.3 Å². The zero-order valence-corrected chi connectivity index (χ0v) is 29.9. The quantitative estimate of drug-likeness (QED) is 0.118. The van der Waals surface area contributed by atoms with Crippen LogP contribution in [0.1, 0.15) is 24.0 Å². The number of carbonyl (C=O) groups excluding carboxylic acids is 3. The van der Waals surface area contributed by atoms with Crippen LogP contribution in [0.2, 0.25) is 25.7 Å². The summed E-state index contributed by atoms with van der Waals surface area (Å²) in [5.74, 6) is -0.0596. The molecule has 1 atom stereocenters. The fourth-order valence-electron chi connectivity index (χ4n) is 5.22. The second-order valence-corrected chi connectivity index (χ2v) is 19.5. The summed E-state index contributed by atoms with van der Waals surface area (Å²) in [4.78, 5) is 42.2. The van der Waals surface area contributed by atoms with Crippen molar-refractivity contribution in [1.82, 2.24) is 9.80 Å². The van der Waals surface area contributed by atoms with Gasteiger partial charge >= 0.3 is 18.1 Å². The number of methoxy groups -OCH3 is 1. The molecule has 0 bridgehead atoms. The molecule has 2 aromatic rings. The first kappa shape index (κ1) is 34.3. The van der Waals surface area contributed by atoms with Gasteiger partial charge in [0.1, 0.15) is 0 Å². The zero-order chi connectivity index (χ0) is 31.9. The summed E-state index contributed by atoms with van der Waals surface area (Å²) in [5, 5.41) is 3.01. The number of benzene rings is 2. The van der Waals surface area contributed by atoms with Crippen molar-refractivity contribution in [3.8, 4) is 5.75 Å². The Hall–Kier alpha value is -2.61. The van der Waals surface area contributed by atoms with Crippen molar-refractivity contribution in [2.45, 2.75) is 63.5 Å². The van der Waals surface area contributed by atoms with Crippen LogP contribution in [0.15, 0.2) is 45.3 Å². The number of esters is 1. The van der Waals surface area contributed by atoms with E-state index in [-0.39, 0.29) is 25.3 Å². The Balaban J connectivity index is 1.30. The summed E-state index contributed by atoms with van der Waals surface area (Å²) < 4.78 is 23.5. The van der Waals surface area contributed by atoms with Gasteiger partial charge in [-0.05, 0) is 86.5 Å². The largest absolute Gasteiger partial charge is 0.466 e. The molecule has 10 nitrogen and oxygen atoms in total. The van der Waals surface area contributed by atoms with Gasteiger partial charge in [-0.2, -0.15) is 0 Å². The number of para-hydroxylation sites is 1. The topological polar surface area (TPSA) is 107 Å². The van der Waals surface area contributed by atoms with E-state index in [0.717, 1.165) is 29.3 Å². The monoisotopic (exact) mass is 753 g/mol. The second-order valence-electron chi connectivity index (χ2n) is 12.2. The Bertz CT molecular complexity index is 1310. The molecular weight excluding hydrogens is 714 g/mol. The smallest absolute Gasteiger partial charge is 0.410 e. The fraction of sp³-hybridized carbons (Fsp3) is 0.516. The van der Waals surface area contributed by atoms with Gasteiger partial charge in [0, 0.05) is 52.5 Å². The predicted octanol–water partition coefficient (Wildman–Crippen LogP) is 6.68. The average Bonchev–Trinajstić information content (AvgIpc) is 3.15. The Morgan fingerprint density at radius 2 is 1.75 bits per heavy atom. The van der Waals surface area contributed by atoms with Crippen LogP contribution in [0.3, 0.4) is 0 Å². The summed E-state index contributed by atoms with van der Waals surface area (Å²) >= 11 is 7.09. The SMILES string of the molecule is COC(=O)C(Cc1cc(Br)c(OCOCC[Si](C)(C)C)c(Br)c1)OC(=O)N1CCC(N2CCc3ccccc3NC2=O)CC1. The number of halogens is 2. The van der Waals surface area contributed by atoms with Gasteiger partial charge in [-0.1, -0.05) is 37.8 Å². The third-order valence-electron chi connectivity index (χ3n) is 7.77. The molecular formula is C31H41Br2N3O7Si. The summed E-state index contributed by atoms with van der Waals surface area (Å²) in [6, 6.07) is 12.4. The number of amides is 3. The average molecular weight is 756 g/mol. The van der Waals surface area contributed by atoms with Crippen LogP contribution < -0.4 is 10.1 Å². The van der Waals surface area contributed by atoms with E-state index in [1.165, 1.54) is 7.11 Å². The number of piperidine rings is 1. The summed E-state index contributed by atoms with van der Waals surface area (Å²) in [6.07, 6.45) is 0.406. The number of rotatable bonds is 11. The number of ether oxygens (including phenoxy) is 4. The summed E-state index contributed by atoms with van der Waals surface area (Å²) in [5.41, 5.74) is 2.70. The van der Waals surface area contributed by atoms with Crippen LogP contribution in [0.25, 0.3) is 0 Å². The van der Waals surface area contributed by atoms with Gasteiger partial charge in [0.2, 0.25) is 6.10 Å². The third kappa shape index (κ3) is 9.45. The van der Waals surface area contributed by atoms with Gasteiger partial charge in [-0.15, -0.1) is 0 Å². The first-order valence-electron chi connectivity index (χ1n) is 14.8. The van der Waals surface area contributed by atoms with E-state index in [1.807, 2.05) is 41.3 Å². The first-order valence-corrected chi connectivity index (χ1v) is 20.1. The maximum atomic E-state index is 13.1. The Kier molecular flexibility index (Phi) is 12.1. The van der Waals surface area contributed by atoms with E-state index < -0.39 is 26.2 Å². The lowest BCUT2D eigenvalue weighted by Gasteiger charge is -2.37. The molecule has 13 heteroatoms. The highest BCUT2D eigenvalue weighted by Gasteiger charge is 2.34. The fourth-order valence-corrected chi connectivity index (χ4v) is 7.49. The number of urea groups is 1. The molecule has 0 saturated carbocycles. The lowest BCUT2D eigenvalue weighted by molar-refractivity contribution is -0.151. The summed E-state index contributed by atoms with van der Waals surface area (Å²) in [7, 11) is 0.0838. The highest BCUT2D eigenvalue weighted by atomic mass is 79.9. The van der Waals surface area contributed by atoms with Gasteiger partial charge in [-0.3, -0.25) is 0 Å². The van der Waals surface area contributed by atoms with Crippen molar-refractivity contribution in [2.75, 3.05) is 45.5 Å². The van der Waals surface area contributed by atoms with Crippen LogP contribution in [-0.4, -0.2) is 88.3 Å². The normalized spacial score (nSPS) is 16.5. The van der Waals surface area contributed by atoms with E-state index in [0.29, 0.717) is 53.8 Å². The number of hydrogen-bond acceptors (Lipinski definition) is 7. The maximum Gasteiger partial charge on any atom is 0.410 e. The minimum atomic E-state index is -1.18. The van der Waals surface area contributed by atoms with E-state index in [9.17, 15) is 14.4 Å². The maximum absolute atomic E-state index is 13.1. The lowest BCUT2D eigenvalue weighted by Crippen LogP contribution is -2.50. The predicted molar refractivity (Wildman–Crippen MR) is 178 cm³/mol.